The van der Waals surface area contributed by atoms with Gasteiger partial charge in [-0.1, -0.05) is 31.4 Å². The fourth-order valence-corrected chi connectivity index (χ4v) is 2.71. The van der Waals surface area contributed by atoms with Crippen LogP contribution in [0, 0.1) is 0 Å². The summed E-state index contributed by atoms with van der Waals surface area (Å²) in [7, 11) is 0. The smallest absolute Gasteiger partial charge is 0.325 e. The molecular weight excluding hydrogens is 348 g/mol. The summed E-state index contributed by atoms with van der Waals surface area (Å²) >= 11 is 6.99. The molecule has 0 bridgehead atoms. The predicted octanol–water partition coefficient (Wildman–Crippen LogP) is 4.36. The van der Waals surface area contributed by atoms with Crippen LogP contribution >= 0.6 is 22.9 Å². The van der Waals surface area contributed by atoms with Crippen molar-refractivity contribution in [2.24, 2.45) is 0 Å². The van der Waals surface area contributed by atoms with Gasteiger partial charge in [-0.15, -0.1) is 11.3 Å². The lowest BCUT2D eigenvalue weighted by Crippen LogP contribution is -2.25. The SMILES string of the molecule is CCCCCNC(=O)c1csc(NC(=O)Nc2ccc(Cl)cc2)n1. The molecule has 24 heavy (non-hydrogen) atoms. The van der Waals surface area contributed by atoms with Crippen LogP contribution < -0.4 is 16.0 Å². The van der Waals surface area contributed by atoms with Gasteiger partial charge in [0.1, 0.15) is 5.69 Å². The highest BCUT2D eigenvalue weighted by Crippen LogP contribution is 2.17. The lowest BCUT2D eigenvalue weighted by molar-refractivity contribution is 0.0948. The van der Waals surface area contributed by atoms with Gasteiger partial charge in [-0.25, -0.2) is 9.78 Å². The van der Waals surface area contributed by atoms with Crippen molar-refractivity contribution in [3.05, 3.63) is 40.4 Å². The van der Waals surface area contributed by atoms with Gasteiger partial charge in [0.15, 0.2) is 5.13 Å². The summed E-state index contributed by atoms with van der Waals surface area (Å²) in [5.41, 5.74) is 0.917. The van der Waals surface area contributed by atoms with Gasteiger partial charge in [0.2, 0.25) is 0 Å². The highest BCUT2D eigenvalue weighted by molar-refractivity contribution is 7.14. The molecule has 2 rings (SSSR count). The molecule has 2 aromatic rings. The van der Waals surface area contributed by atoms with Gasteiger partial charge in [0.25, 0.3) is 5.91 Å². The monoisotopic (exact) mass is 366 g/mol. The highest BCUT2D eigenvalue weighted by atomic mass is 35.5. The zero-order valence-electron chi connectivity index (χ0n) is 13.3. The molecule has 0 radical (unpaired) electrons. The van der Waals surface area contributed by atoms with Gasteiger partial charge >= 0.3 is 6.03 Å². The van der Waals surface area contributed by atoms with Crippen molar-refractivity contribution in [3.8, 4) is 0 Å². The van der Waals surface area contributed by atoms with Crippen LogP contribution in [0.5, 0.6) is 0 Å². The molecule has 0 fully saturated rings. The Morgan fingerprint density at radius 3 is 2.62 bits per heavy atom. The molecular formula is C16H19ClN4O2S. The third kappa shape index (κ3) is 5.82. The Kier molecular flexibility index (Phi) is 7.02. The van der Waals surface area contributed by atoms with Gasteiger partial charge in [-0.2, -0.15) is 0 Å². The maximum atomic E-state index is 11.9. The van der Waals surface area contributed by atoms with Crippen LogP contribution in [0.1, 0.15) is 36.7 Å². The van der Waals surface area contributed by atoms with Gasteiger partial charge in [-0.05, 0) is 30.7 Å². The maximum Gasteiger partial charge on any atom is 0.325 e. The molecule has 0 atom stereocenters. The third-order valence-electron chi connectivity index (χ3n) is 3.13. The van der Waals surface area contributed by atoms with Crippen LogP contribution in [-0.4, -0.2) is 23.5 Å². The van der Waals surface area contributed by atoms with Gasteiger partial charge in [-0.3, -0.25) is 10.1 Å². The number of carbonyl (C=O) groups is 2. The molecule has 3 N–H and O–H groups in total. The number of amides is 3. The number of benzene rings is 1. The fourth-order valence-electron chi connectivity index (χ4n) is 1.90. The summed E-state index contributed by atoms with van der Waals surface area (Å²) in [5, 5.41) is 10.6. The van der Waals surface area contributed by atoms with Gasteiger partial charge in [0.05, 0.1) is 0 Å². The Hall–Kier alpha value is -2.12. The van der Waals surface area contributed by atoms with Gasteiger partial charge in [0, 0.05) is 22.6 Å². The first-order valence-electron chi connectivity index (χ1n) is 7.65. The predicted molar refractivity (Wildman–Crippen MR) is 98.1 cm³/mol. The van der Waals surface area contributed by atoms with E-state index in [1.165, 1.54) is 11.3 Å². The fraction of sp³-hybridized carbons (Fsp3) is 0.312. The zero-order chi connectivity index (χ0) is 17.4. The summed E-state index contributed by atoms with van der Waals surface area (Å²) in [6.07, 6.45) is 3.12. The molecule has 0 aliphatic heterocycles. The number of thiazole rings is 1. The molecule has 0 saturated carbocycles. The minimum absolute atomic E-state index is 0.228. The number of nitrogens with zero attached hydrogens (tertiary/aromatic N) is 1. The Morgan fingerprint density at radius 2 is 1.92 bits per heavy atom. The van der Waals surface area contributed by atoms with Crippen LogP contribution in [0.2, 0.25) is 5.02 Å². The normalized spacial score (nSPS) is 10.2. The number of carbonyl (C=O) groups excluding carboxylic acids is 2. The minimum atomic E-state index is -0.429. The summed E-state index contributed by atoms with van der Waals surface area (Å²) < 4.78 is 0. The zero-order valence-corrected chi connectivity index (χ0v) is 14.8. The number of nitrogens with one attached hydrogen (secondary N) is 3. The number of aromatic nitrogens is 1. The quantitative estimate of drug-likeness (QED) is 0.636. The molecule has 3 amide bonds. The average molecular weight is 367 g/mol. The van der Waals surface area contributed by atoms with Crippen LogP contribution in [-0.2, 0) is 0 Å². The standard InChI is InChI=1S/C16H19ClN4O2S/c1-2-3-4-9-18-14(22)13-10-24-16(20-13)21-15(23)19-12-7-5-11(17)6-8-12/h5-8,10H,2-4,9H2,1H3,(H,18,22)(H2,19,20,21,23). The van der Waals surface area contributed by atoms with E-state index < -0.39 is 6.03 Å². The molecule has 1 heterocycles. The topological polar surface area (TPSA) is 83.1 Å². The molecule has 0 spiro atoms. The van der Waals surface area contributed by atoms with E-state index in [9.17, 15) is 9.59 Å². The second-order valence-electron chi connectivity index (χ2n) is 5.09. The molecule has 0 aliphatic carbocycles. The van der Waals surface area contributed by atoms with Crippen molar-refractivity contribution in [3.63, 3.8) is 0 Å². The largest absolute Gasteiger partial charge is 0.351 e. The van der Waals surface area contributed by atoms with E-state index >= 15 is 0 Å². The molecule has 0 unspecified atom stereocenters. The Morgan fingerprint density at radius 1 is 1.17 bits per heavy atom. The van der Waals surface area contributed by atoms with Crippen LogP contribution in [0.25, 0.3) is 0 Å². The van der Waals surface area contributed by atoms with Crippen molar-refractivity contribution in [2.45, 2.75) is 26.2 Å². The van der Waals surface area contributed by atoms with Crippen molar-refractivity contribution >= 4 is 45.7 Å². The second kappa shape index (κ2) is 9.24. The van der Waals surface area contributed by atoms with Crippen molar-refractivity contribution in [2.75, 3.05) is 17.2 Å². The van der Waals surface area contributed by atoms with Crippen molar-refractivity contribution in [1.29, 1.82) is 0 Å². The number of hydrogen-bond donors (Lipinski definition) is 3. The number of urea groups is 1. The molecule has 0 saturated heterocycles. The first-order valence-corrected chi connectivity index (χ1v) is 8.91. The third-order valence-corrected chi connectivity index (χ3v) is 4.13. The number of halogens is 1. The lowest BCUT2D eigenvalue weighted by Gasteiger charge is -2.05. The van der Waals surface area contributed by atoms with Gasteiger partial charge < -0.3 is 10.6 Å². The van der Waals surface area contributed by atoms with E-state index in [1.807, 2.05) is 0 Å². The number of hydrogen-bond acceptors (Lipinski definition) is 4. The number of rotatable bonds is 7. The first kappa shape index (κ1) is 18.2. The van der Waals surface area contributed by atoms with Crippen LogP contribution in [0.15, 0.2) is 29.6 Å². The summed E-state index contributed by atoms with van der Waals surface area (Å²) in [5.74, 6) is -0.228. The van der Waals surface area contributed by atoms with Crippen molar-refractivity contribution in [1.82, 2.24) is 10.3 Å². The first-order chi connectivity index (χ1) is 11.6. The molecule has 8 heteroatoms. The van der Waals surface area contributed by atoms with E-state index in [1.54, 1.807) is 29.6 Å². The molecule has 6 nitrogen and oxygen atoms in total. The van der Waals surface area contributed by atoms with E-state index in [0.717, 1.165) is 19.3 Å². The Bertz CT molecular complexity index is 688. The highest BCUT2D eigenvalue weighted by Gasteiger charge is 2.12. The number of unbranched alkanes of at least 4 members (excludes halogenated alkanes) is 2. The van der Waals surface area contributed by atoms with E-state index in [4.69, 9.17) is 11.6 Å². The summed E-state index contributed by atoms with van der Waals surface area (Å²) in [4.78, 5) is 27.9. The Labute approximate surface area is 149 Å². The second-order valence-corrected chi connectivity index (χ2v) is 6.38. The summed E-state index contributed by atoms with van der Waals surface area (Å²) in [6, 6.07) is 6.32. The molecule has 1 aromatic carbocycles. The van der Waals surface area contributed by atoms with E-state index in [0.29, 0.717) is 28.1 Å². The average Bonchev–Trinajstić information content (AvgIpc) is 3.02. The van der Waals surface area contributed by atoms with Crippen molar-refractivity contribution < 1.29 is 9.59 Å². The maximum absolute atomic E-state index is 11.9. The van der Waals surface area contributed by atoms with E-state index in [-0.39, 0.29) is 5.91 Å². The lowest BCUT2D eigenvalue weighted by atomic mass is 10.2. The molecule has 0 aliphatic rings. The van der Waals surface area contributed by atoms with E-state index in [2.05, 4.69) is 27.9 Å². The molecule has 128 valence electrons. The van der Waals surface area contributed by atoms with Crippen LogP contribution in [0.3, 0.4) is 0 Å². The van der Waals surface area contributed by atoms with Crippen LogP contribution in [0.4, 0.5) is 15.6 Å². The minimum Gasteiger partial charge on any atom is -0.351 e. The number of anilines is 2. The molecule has 1 aromatic heterocycles. The summed E-state index contributed by atoms with van der Waals surface area (Å²) in [6.45, 7) is 2.74. The Balaban J connectivity index is 1.83.